The van der Waals surface area contributed by atoms with Gasteiger partial charge in [0.15, 0.2) is 0 Å². The first-order valence-corrected chi connectivity index (χ1v) is 10.5. The number of aryl methyl sites for hydroxylation is 1. The molecule has 0 bridgehead atoms. The molecule has 2 aromatic carbocycles. The molecule has 4 nitrogen and oxygen atoms in total. The van der Waals surface area contributed by atoms with E-state index in [1.165, 1.54) is 11.1 Å². The summed E-state index contributed by atoms with van der Waals surface area (Å²) < 4.78 is 28.0. The fourth-order valence-corrected chi connectivity index (χ4v) is 5.31. The van der Waals surface area contributed by atoms with Crippen LogP contribution in [0.25, 0.3) is 4.91 Å². The van der Waals surface area contributed by atoms with Crippen molar-refractivity contribution in [3.8, 4) is 0 Å². The van der Waals surface area contributed by atoms with Gasteiger partial charge in [-0.3, -0.25) is 9.71 Å². The van der Waals surface area contributed by atoms with Crippen molar-refractivity contribution in [3.63, 3.8) is 0 Å². The van der Waals surface area contributed by atoms with E-state index in [4.69, 9.17) is 16.6 Å². The Kier molecular flexibility index (Phi) is 4.37. The molecular formula is C20H19ClN2O2S. The van der Waals surface area contributed by atoms with Crippen LogP contribution < -0.4 is 4.72 Å². The van der Waals surface area contributed by atoms with Crippen molar-refractivity contribution in [1.29, 1.82) is 0 Å². The molecular weight excluding hydrogens is 368 g/mol. The number of nitrogens with zero attached hydrogens (tertiary/aromatic N) is 1. The predicted octanol–water partition coefficient (Wildman–Crippen LogP) is 4.48. The first kappa shape index (κ1) is 17.3. The van der Waals surface area contributed by atoms with Crippen molar-refractivity contribution in [3.05, 3.63) is 75.8 Å². The summed E-state index contributed by atoms with van der Waals surface area (Å²) >= 11 is 5.93. The molecule has 0 aromatic heterocycles. The van der Waals surface area contributed by atoms with E-state index >= 15 is 0 Å². The van der Waals surface area contributed by atoms with Gasteiger partial charge in [0.05, 0.1) is 6.04 Å². The maximum absolute atomic E-state index is 12.7. The van der Waals surface area contributed by atoms with Crippen molar-refractivity contribution < 1.29 is 8.42 Å². The van der Waals surface area contributed by atoms with E-state index in [1.54, 1.807) is 31.2 Å². The average Bonchev–Trinajstić information content (AvgIpc) is 2.85. The van der Waals surface area contributed by atoms with E-state index in [2.05, 4.69) is 16.9 Å². The number of aliphatic imine (C=N–C) groups is 1. The summed E-state index contributed by atoms with van der Waals surface area (Å²) in [6.07, 6.45) is 3.03. The second-order valence-corrected chi connectivity index (χ2v) is 8.71. The summed E-state index contributed by atoms with van der Waals surface area (Å²) in [5.41, 5.74) is 3.76. The standard InChI is InChI=1S/C20H19ClN2O2S/c1-13-19(15-9-11-16(21)12-10-15)26(24,25)23-20(13)22-18-8-4-6-14-5-2-3-7-17(14)18/h2-3,5,7,9-12,18H,4,6,8H2,1H3,(H,22,23)/t18-/m1/s1. The third kappa shape index (κ3) is 3.06. The lowest BCUT2D eigenvalue weighted by Crippen LogP contribution is -2.24. The first-order valence-electron chi connectivity index (χ1n) is 8.61. The number of hydrogen-bond acceptors (Lipinski definition) is 3. The monoisotopic (exact) mass is 386 g/mol. The van der Waals surface area contributed by atoms with E-state index in [1.807, 2.05) is 12.1 Å². The van der Waals surface area contributed by atoms with Crippen LogP contribution in [0.4, 0.5) is 0 Å². The van der Waals surface area contributed by atoms with Gasteiger partial charge < -0.3 is 0 Å². The summed E-state index contributed by atoms with van der Waals surface area (Å²) in [5.74, 6) is 0.441. The van der Waals surface area contributed by atoms with Gasteiger partial charge >= 0.3 is 0 Å². The number of halogens is 1. The van der Waals surface area contributed by atoms with Gasteiger partial charge in [-0.1, -0.05) is 48.0 Å². The Morgan fingerprint density at radius 2 is 1.85 bits per heavy atom. The van der Waals surface area contributed by atoms with Gasteiger partial charge in [0.2, 0.25) is 0 Å². The zero-order valence-electron chi connectivity index (χ0n) is 14.4. The van der Waals surface area contributed by atoms with Crippen LogP contribution in [0, 0.1) is 0 Å². The van der Waals surface area contributed by atoms with Crippen molar-refractivity contribution in [1.82, 2.24) is 4.72 Å². The van der Waals surface area contributed by atoms with Crippen LogP contribution in [0.15, 0.2) is 59.1 Å². The van der Waals surface area contributed by atoms with E-state index < -0.39 is 10.0 Å². The van der Waals surface area contributed by atoms with Gasteiger partial charge in [-0.05, 0) is 55.0 Å². The molecule has 4 rings (SSSR count). The van der Waals surface area contributed by atoms with Crippen molar-refractivity contribution in [2.75, 3.05) is 0 Å². The summed E-state index contributed by atoms with van der Waals surface area (Å²) in [5, 5.41) is 0.572. The van der Waals surface area contributed by atoms with Crippen molar-refractivity contribution in [2.24, 2.45) is 4.99 Å². The molecule has 1 heterocycles. The number of amidine groups is 1. The Labute approximate surface area is 158 Å². The maximum atomic E-state index is 12.7. The third-order valence-electron chi connectivity index (χ3n) is 4.92. The van der Waals surface area contributed by atoms with Crippen LogP contribution in [0.3, 0.4) is 0 Å². The molecule has 6 heteroatoms. The fraction of sp³-hybridized carbons (Fsp3) is 0.250. The largest absolute Gasteiger partial charge is 0.264 e. The summed E-state index contributed by atoms with van der Waals surface area (Å²) in [4.78, 5) is 5.06. The molecule has 1 N–H and O–H groups in total. The summed E-state index contributed by atoms with van der Waals surface area (Å²) in [6.45, 7) is 1.80. The molecule has 1 aliphatic carbocycles. The Morgan fingerprint density at radius 3 is 2.62 bits per heavy atom. The van der Waals surface area contributed by atoms with Crippen LogP contribution in [0.1, 0.15) is 42.5 Å². The number of fused-ring (bicyclic) bond motifs is 1. The molecule has 134 valence electrons. The van der Waals surface area contributed by atoms with Crippen molar-refractivity contribution in [2.45, 2.75) is 32.2 Å². The Balaban J connectivity index is 1.77. The Bertz CT molecular complexity index is 1020. The summed E-state index contributed by atoms with van der Waals surface area (Å²) in [6, 6.07) is 15.1. The molecule has 2 aliphatic rings. The van der Waals surface area contributed by atoms with Crippen molar-refractivity contribution >= 4 is 32.4 Å². The molecule has 1 aliphatic heterocycles. The molecule has 0 amide bonds. The SMILES string of the molecule is CC1=C(c2ccc(Cl)cc2)S(=O)(=O)NC1=N[C@@H]1CCCc2ccccc21. The third-order valence-corrected chi connectivity index (χ3v) is 6.72. The maximum Gasteiger partial charge on any atom is 0.264 e. The Morgan fingerprint density at radius 1 is 1.12 bits per heavy atom. The minimum Gasteiger partial charge on any atom is -0.263 e. The highest BCUT2D eigenvalue weighted by molar-refractivity contribution is 8.00. The minimum absolute atomic E-state index is 0.0165. The molecule has 0 unspecified atom stereocenters. The van der Waals surface area contributed by atoms with Gasteiger partial charge in [0.1, 0.15) is 10.7 Å². The molecule has 26 heavy (non-hydrogen) atoms. The lowest BCUT2D eigenvalue weighted by atomic mass is 9.88. The topological polar surface area (TPSA) is 58.5 Å². The first-order chi connectivity index (χ1) is 12.5. The number of benzene rings is 2. The van der Waals surface area contributed by atoms with Crippen LogP contribution in [0.2, 0.25) is 5.02 Å². The molecule has 0 radical (unpaired) electrons. The molecule has 2 aromatic rings. The second-order valence-electron chi connectivity index (χ2n) is 6.65. The smallest absolute Gasteiger partial charge is 0.263 e. The molecule has 1 atom stereocenters. The van der Waals surface area contributed by atoms with E-state index in [9.17, 15) is 8.42 Å². The summed E-state index contributed by atoms with van der Waals surface area (Å²) in [7, 11) is -3.62. The number of nitrogens with one attached hydrogen (secondary N) is 1. The number of sulfonamides is 1. The quantitative estimate of drug-likeness (QED) is 0.827. The van der Waals surface area contributed by atoms with E-state index in [0.29, 0.717) is 22.0 Å². The van der Waals surface area contributed by atoms with E-state index in [0.717, 1.165) is 19.3 Å². The second kappa shape index (κ2) is 6.56. The van der Waals surface area contributed by atoms with Crippen LogP contribution in [0.5, 0.6) is 0 Å². The zero-order valence-corrected chi connectivity index (χ0v) is 15.9. The predicted molar refractivity (Wildman–Crippen MR) is 106 cm³/mol. The molecule has 0 spiro atoms. The molecule has 0 fully saturated rings. The van der Waals surface area contributed by atoms with Gasteiger partial charge in [0, 0.05) is 10.6 Å². The Hall–Kier alpha value is -2.11. The lowest BCUT2D eigenvalue weighted by molar-refractivity contribution is 0.571. The minimum atomic E-state index is -3.62. The lowest BCUT2D eigenvalue weighted by Gasteiger charge is -2.22. The van der Waals surface area contributed by atoms with Gasteiger partial charge in [-0.2, -0.15) is 0 Å². The highest BCUT2D eigenvalue weighted by Crippen LogP contribution is 2.35. The zero-order chi connectivity index (χ0) is 18.3. The number of hydrogen-bond donors (Lipinski definition) is 1. The van der Waals surface area contributed by atoms with Gasteiger partial charge in [-0.25, -0.2) is 8.42 Å². The fourth-order valence-electron chi connectivity index (χ4n) is 3.68. The number of rotatable bonds is 2. The normalized spacial score (nSPS) is 23.0. The highest BCUT2D eigenvalue weighted by Gasteiger charge is 2.33. The van der Waals surface area contributed by atoms with Gasteiger partial charge in [-0.15, -0.1) is 0 Å². The van der Waals surface area contributed by atoms with Crippen LogP contribution >= 0.6 is 11.6 Å². The van der Waals surface area contributed by atoms with Crippen LogP contribution in [-0.4, -0.2) is 14.3 Å². The van der Waals surface area contributed by atoms with E-state index in [-0.39, 0.29) is 10.9 Å². The molecule has 0 saturated carbocycles. The average molecular weight is 387 g/mol. The van der Waals surface area contributed by atoms with Gasteiger partial charge in [0.25, 0.3) is 10.0 Å². The molecule has 0 saturated heterocycles. The highest BCUT2D eigenvalue weighted by atomic mass is 35.5. The van der Waals surface area contributed by atoms with Crippen LogP contribution in [-0.2, 0) is 16.4 Å².